The Morgan fingerprint density at radius 1 is 1.00 bits per heavy atom. The van der Waals surface area contributed by atoms with E-state index in [4.69, 9.17) is 9.47 Å². The largest absolute Gasteiger partial charge is 0.484 e. The predicted octanol–water partition coefficient (Wildman–Crippen LogP) is 3.60. The summed E-state index contributed by atoms with van der Waals surface area (Å²) in [6.45, 7) is 5.90. The molecule has 3 aromatic rings. The van der Waals surface area contributed by atoms with Crippen molar-refractivity contribution in [3.63, 3.8) is 0 Å². The van der Waals surface area contributed by atoms with Crippen molar-refractivity contribution in [2.24, 2.45) is 0 Å². The Labute approximate surface area is 213 Å². The summed E-state index contributed by atoms with van der Waals surface area (Å²) in [5, 5.41) is 3.20. The molecule has 1 N–H and O–H groups in total. The van der Waals surface area contributed by atoms with Crippen molar-refractivity contribution in [1.29, 1.82) is 0 Å². The summed E-state index contributed by atoms with van der Waals surface area (Å²) in [7, 11) is 0. The minimum Gasteiger partial charge on any atom is -0.484 e. The molecule has 7 nitrogen and oxygen atoms in total. The Kier molecular flexibility index (Phi) is 8.23. The fourth-order valence-corrected chi connectivity index (χ4v) is 4.98. The van der Waals surface area contributed by atoms with Gasteiger partial charge in [0.15, 0.2) is 0 Å². The van der Waals surface area contributed by atoms with E-state index in [1.54, 1.807) is 0 Å². The number of carbonyl (C=O) groups is 1. The number of fused-ring (bicyclic) bond motifs is 1. The molecule has 1 saturated heterocycles. The summed E-state index contributed by atoms with van der Waals surface area (Å²) in [4.78, 5) is 21.8. The molecule has 0 aliphatic carbocycles. The summed E-state index contributed by atoms with van der Waals surface area (Å²) < 4.78 is 11.9. The first kappa shape index (κ1) is 24.4. The summed E-state index contributed by atoms with van der Waals surface area (Å²) in [6.07, 6.45) is 3.99. The average Bonchev–Trinajstić information content (AvgIpc) is 3.13. The summed E-state index contributed by atoms with van der Waals surface area (Å²) in [5.41, 5.74) is 3.47. The number of rotatable bonds is 8. The van der Waals surface area contributed by atoms with Crippen molar-refractivity contribution in [1.82, 2.24) is 20.1 Å². The molecule has 0 spiro atoms. The average molecular weight is 487 g/mol. The normalized spacial score (nSPS) is 19.5. The number of nitrogens with zero attached hydrogens (tertiary/aromatic N) is 3. The highest BCUT2D eigenvalue weighted by molar-refractivity contribution is 5.76. The molecule has 2 aromatic carbocycles. The number of benzene rings is 2. The third-order valence-electron chi connectivity index (χ3n) is 6.96. The van der Waals surface area contributed by atoms with Gasteiger partial charge >= 0.3 is 0 Å². The van der Waals surface area contributed by atoms with Gasteiger partial charge in [-0.2, -0.15) is 0 Å². The molecule has 7 heteroatoms. The number of hydrogen-bond donors (Lipinski definition) is 1. The summed E-state index contributed by atoms with van der Waals surface area (Å²) in [5.74, 6) is 0.987. The molecule has 2 aliphatic rings. The van der Waals surface area contributed by atoms with E-state index in [1.165, 1.54) is 5.56 Å². The van der Waals surface area contributed by atoms with E-state index in [-0.39, 0.29) is 18.1 Å². The van der Waals surface area contributed by atoms with Crippen LogP contribution in [0.25, 0.3) is 0 Å². The molecule has 3 heterocycles. The van der Waals surface area contributed by atoms with Crippen LogP contribution < -0.4 is 10.1 Å². The Morgan fingerprint density at radius 2 is 1.75 bits per heavy atom. The molecular weight excluding hydrogens is 452 g/mol. The maximum Gasteiger partial charge on any atom is 0.221 e. The van der Waals surface area contributed by atoms with Gasteiger partial charge in [-0.15, -0.1) is 0 Å². The number of para-hydroxylation sites is 1. The molecule has 1 aromatic heterocycles. The van der Waals surface area contributed by atoms with E-state index in [9.17, 15) is 4.79 Å². The second kappa shape index (κ2) is 12.1. The molecule has 36 heavy (non-hydrogen) atoms. The summed E-state index contributed by atoms with van der Waals surface area (Å²) >= 11 is 0. The molecule has 2 unspecified atom stereocenters. The highest BCUT2D eigenvalue weighted by Crippen LogP contribution is 2.31. The number of aromatic nitrogens is 1. The fraction of sp³-hybridized carbons (Fsp3) is 0.379. The van der Waals surface area contributed by atoms with Crippen LogP contribution in [-0.2, 0) is 16.1 Å². The molecule has 0 bridgehead atoms. The number of ether oxygens (including phenoxy) is 2. The van der Waals surface area contributed by atoms with Crippen molar-refractivity contribution < 1.29 is 14.3 Å². The minimum atomic E-state index is -0.0738. The van der Waals surface area contributed by atoms with Gasteiger partial charge in [0.05, 0.1) is 19.3 Å². The van der Waals surface area contributed by atoms with Gasteiger partial charge in [0.1, 0.15) is 11.9 Å². The Morgan fingerprint density at radius 3 is 2.56 bits per heavy atom. The lowest BCUT2D eigenvalue weighted by Gasteiger charge is -2.35. The number of morpholine rings is 1. The zero-order valence-corrected chi connectivity index (χ0v) is 20.6. The zero-order chi connectivity index (χ0) is 24.6. The van der Waals surface area contributed by atoms with Crippen LogP contribution in [0.2, 0.25) is 0 Å². The maximum atomic E-state index is 13.0. The number of amides is 1. The zero-order valence-electron chi connectivity index (χ0n) is 20.6. The van der Waals surface area contributed by atoms with Gasteiger partial charge < -0.3 is 14.8 Å². The van der Waals surface area contributed by atoms with E-state index in [2.05, 4.69) is 38.3 Å². The van der Waals surface area contributed by atoms with Gasteiger partial charge in [-0.25, -0.2) is 0 Å². The molecular formula is C29H34N4O3. The monoisotopic (exact) mass is 486 g/mol. The fourth-order valence-electron chi connectivity index (χ4n) is 4.98. The van der Waals surface area contributed by atoms with Crippen LogP contribution in [0.5, 0.6) is 5.75 Å². The Hall–Kier alpha value is -3.26. The minimum absolute atomic E-state index is 0.0667. The number of nitrogens with one attached hydrogen (secondary N) is 1. The van der Waals surface area contributed by atoms with Crippen LogP contribution in [0.3, 0.4) is 0 Å². The van der Waals surface area contributed by atoms with E-state index in [0.29, 0.717) is 19.5 Å². The lowest BCUT2D eigenvalue weighted by molar-refractivity contribution is -0.121. The lowest BCUT2D eigenvalue weighted by Crippen LogP contribution is -2.44. The van der Waals surface area contributed by atoms with Crippen LogP contribution in [0.15, 0.2) is 79.1 Å². The van der Waals surface area contributed by atoms with Gasteiger partial charge in [0.25, 0.3) is 0 Å². The van der Waals surface area contributed by atoms with Crippen molar-refractivity contribution in [3.8, 4) is 5.75 Å². The first-order valence-electron chi connectivity index (χ1n) is 12.8. The molecule has 5 rings (SSSR count). The van der Waals surface area contributed by atoms with Gasteiger partial charge in [-0.1, -0.05) is 48.5 Å². The number of carbonyl (C=O) groups excluding carboxylic acids is 1. The maximum absolute atomic E-state index is 13.0. The molecule has 1 fully saturated rings. The first-order valence-corrected chi connectivity index (χ1v) is 12.8. The molecule has 0 saturated carbocycles. The van der Waals surface area contributed by atoms with Crippen LogP contribution in [0.4, 0.5) is 0 Å². The van der Waals surface area contributed by atoms with Crippen LogP contribution in [-0.4, -0.2) is 66.6 Å². The topological polar surface area (TPSA) is 66.9 Å². The van der Waals surface area contributed by atoms with Crippen molar-refractivity contribution in [3.05, 3.63) is 95.8 Å². The second-order valence-electron chi connectivity index (χ2n) is 9.36. The van der Waals surface area contributed by atoms with Crippen LogP contribution in [0.1, 0.15) is 35.3 Å². The van der Waals surface area contributed by atoms with E-state index < -0.39 is 0 Å². The van der Waals surface area contributed by atoms with Crippen molar-refractivity contribution >= 4 is 5.91 Å². The Balaban J connectivity index is 1.21. The van der Waals surface area contributed by atoms with E-state index in [0.717, 1.165) is 56.3 Å². The molecule has 2 atom stereocenters. The quantitative estimate of drug-likeness (QED) is 0.525. The number of hydrogen-bond acceptors (Lipinski definition) is 6. The van der Waals surface area contributed by atoms with Crippen molar-refractivity contribution in [2.45, 2.75) is 25.1 Å². The second-order valence-corrected chi connectivity index (χ2v) is 9.36. The smallest absolute Gasteiger partial charge is 0.221 e. The van der Waals surface area contributed by atoms with Crippen molar-refractivity contribution in [2.75, 3.05) is 45.9 Å². The van der Waals surface area contributed by atoms with Gasteiger partial charge in [0.2, 0.25) is 5.91 Å². The Bertz CT molecular complexity index is 1110. The molecule has 188 valence electrons. The number of pyridine rings is 1. The van der Waals surface area contributed by atoms with Gasteiger partial charge in [-0.05, 0) is 29.3 Å². The lowest BCUT2D eigenvalue weighted by atomic mass is 10.1. The third kappa shape index (κ3) is 6.29. The van der Waals surface area contributed by atoms with E-state index >= 15 is 0 Å². The highest BCUT2D eigenvalue weighted by atomic mass is 16.5. The first-order chi connectivity index (χ1) is 17.8. The molecule has 0 radical (unpaired) electrons. The van der Waals surface area contributed by atoms with Crippen LogP contribution >= 0.6 is 0 Å². The standard InChI is InChI=1S/C29H34N4O3/c34-29(31-20-26(23-10-13-30-14-11-23)33-16-18-35-19-17-33)12-15-32-21-25-8-4-5-9-27(25)36-28(22-32)24-6-2-1-3-7-24/h1-11,13-14,26,28H,12,15-22H2,(H,31,34). The predicted molar refractivity (Wildman–Crippen MR) is 139 cm³/mol. The SMILES string of the molecule is O=C(CCN1Cc2ccccc2OC(c2ccccc2)C1)NCC(c1ccncc1)N1CCOCC1. The van der Waals surface area contributed by atoms with Gasteiger partial charge in [-0.3, -0.25) is 19.6 Å². The molecule has 2 aliphatic heterocycles. The van der Waals surface area contributed by atoms with Crippen LogP contribution in [0, 0.1) is 0 Å². The highest BCUT2D eigenvalue weighted by Gasteiger charge is 2.26. The van der Waals surface area contributed by atoms with E-state index in [1.807, 2.05) is 60.9 Å². The summed E-state index contributed by atoms with van der Waals surface area (Å²) in [6, 6.07) is 22.7. The molecule has 1 amide bonds. The third-order valence-corrected chi connectivity index (χ3v) is 6.96. The van der Waals surface area contributed by atoms with Gasteiger partial charge in [0, 0.05) is 63.6 Å².